The summed E-state index contributed by atoms with van der Waals surface area (Å²) in [6.45, 7) is -3.82. The Morgan fingerprint density at radius 3 is 0.872 bits per heavy atom. The van der Waals surface area contributed by atoms with E-state index < -0.39 is 6.51 Å². The summed E-state index contributed by atoms with van der Waals surface area (Å²) < 4.78 is 1.60. The number of benzene rings is 4. The molecular weight excluding hydrogens is 668 g/mol. The second kappa shape index (κ2) is 3.49. The summed E-state index contributed by atoms with van der Waals surface area (Å²) in [6, 6.07) is 48.0. The summed E-state index contributed by atoms with van der Waals surface area (Å²) in [4.78, 5) is 10.1. The molecule has 4 aromatic carbocycles. The zero-order valence-electron chi connectivity index (χ0n) is 21.1. The number of halogens is 1. The monoisotopic (exact) mass is 695 g/mol. The second-order valence-electron chi connectivity index (χ2n) is 15.7. The van der Waals surface area contributed by atoms with E-state index in [1.165, 1.54) is 38.5 Å². The molecule has 39 heavy (non-hydrogen) atoms. The van der Waals surface area contributed by atoms with E-state index >= 15 is 0 Å². The van der Waals surface area contributed by atoms with Gasteiger partial charge in [0.2, 0.25) is 0 Å². The molecule has 10 aliphatic rings. The van der Waals surface area contributed by atoms with Crippen LogP contribution in [-0.4, -0.2) is 8.11 Å². The third kappa shape index (κ3) is 0.567. The van der Waals surface area contributed by atoms with Crippen LogP contribution in [0.5, 0.6) is 0 Å². The van der Waals surface area contributed by atoms with Crippen molar-refractivity contribution in [1.29, 1.82) is 0 Å². The van der Waals surface area contributed by atoms with Crippen LogP contribution in [0.25, 0.3) is 0 Å². The van der Waals surface area contributed by atoms with Crippen LogP contribution in [0.1, 0.15) is 0 Å². The first-order valence-electron chi connectivity index (χ1n) is 14.2. The van der Waals surface area contributed by atoms with Gasteiger partial charge in [-0.3, -0.25) is 0 Å². The summed E-state index contributed by atoms with van der Waals surface area (Å²) in [5.74, 6) is 0. The van der Waals surface area contributed by atoms with Gasteiger partial charge in [-0.2, -0.15) is 0 Å². The molecule has 199 valence electrons. The van der Waals surface area contributed by atoms with Gasteiger partial charge >= 0.3 is 239 Å². The summed E-state index contributed by atoms with van der Waals surface area (Å²) in [6.07, 6.45) is 0. The third-order valence-corrected chi connectivity index (χ3v) is 76.1. The van der Waals surface area contributed by atoms with Crippen molar-refractivity contribution >= 4 is 46.6 Å². The molecule has 0 radical (unpaired) electrons. The van der Waals surface area contributed by atoms with E-state index in [2.05, 4.69) is 149 Å². The van der Waals surface area contributed by atoms with Gasteiger partial charge in [0.15, 0.2) is 0 Å². The van der Waals surface area contributed by atoms with Crippen molar-refractivity contribution in [2.75, 3.05) is 0 Å². The van der Waals surface area contributed by atoms with Crippen LogP contribution < -0.4 is 21.2 Å². The Morgan fingerprint density at radius 1 is 0.436 bits per heavy atom. The summed E-state index contributed by atoms with van der Waals surface area (Å²) in [5, 5.41) is 6.87. The second-order valence-corrected chi connectivity index (χ2v) is 44.6. The summed E-state index contributed by atoms with van der Waals surface area (Å²) >= 11 is 2.22. The maximum absolute atomic E-state index is 4.49. The fourth-order valence-corrected chi connectivity index (χ4v) is 126. The van der Waals surface area contributed by atoms with Crippen molar-refractivity contribution in [3.63, 3.8) is 0 Å². The standard InChI is InChI=1S/2C17H14P.ClH.Fe.Pd/c2*1-3-9-15(10-4-1)18(17-13-7-8-14-17)16-11-5-2-6-12-16;;;/h2*1-14H;1H;;/q;;;;+1/p-1. The zero-order valence-corrected chi connectivity index (χ0v) is 26.3. The quantitative estimate of drug-likeness (QED) is 0.141. The molecule has 4 aromatic rings. The van der Waals surface area contributed by atoms with E-state index in [-0.39, 0.29) is 15.8 Å². The maximum atomic E-state index is 4.49. The normalized spacial score (nSPS) is 60.0. The van der Waals surface area contributed by atoms with E-state index in [0.29, 0.717) is 0 Å². The molecule has 10 heterocycles. The topological polar surface area (TPSA) is 0 Å². The molecular formula is C34H28ClFeP2Pd. The molecule has 8 unspecified atom stereocenters. The van der Waals surface area contributed by atoms with Gasteiger partial charge in [-0.25, -0.2) is 0 Å². The molecule has 1 spiro atoms. The van der Waals surface area contributed by atoms with Gasteiger partial charge in [-0.05, 0) is 0 Å². The molecule has 8 atom stereocenters. The first kappa shape index (κ1) is 21.0. The molecule has 14 rings (SSSR count). The summed E-state index contributed by atoms with van der Waals surface area (Å²) in [7, 11) is 3.98. The molecule has 0 aromatic heterocycles. The van der Waals surface area contributed by atoms with Gasteiger partial charge < -0.3 is 0 Å². The van der Waals surface area contributed by atoms with Gasteiger partial charge in [-0.15, -0.1) is 0 Å². The van der Waals surface area contributed by atoms with Gasteiger partial charge in [0, 0.05) is 0 Å². The Bertz CT molecular complexity index is 1920. The third-order valence-electron chi connectivity index (χ3n) is 19.4. The SMILES string of the molecule is [Cl][Pd].c1ccc(P(c2ccccc2)[C]23[CH]4[CH]5[CH]6[CH]2[Fe]56432789[CH]3[CH]2[CH]7[C]8(P(c2ccccc2)c2ccccc2)[CH]39)cc1. The number of hydrogen-bond acceptors (Lipinski definition) is 0. The van der Waals surface area contributed by atoms with Crippen molar-refractivity contribution in [2.24, 2.45) is 0 Å². The van der Waals surface area contributed by atoms with Crippen molar-refractivity contribution in [3.05, 3.63) is 121 Å². The van der Waals surface area contributed by atoms with Crippen LogP contribution in [0.3, 0.4) is 0 Å². The minimum absolute atomic E-state index is 0.252. The van der Waals surface area contributed by atoms with Crippen LogP contribution in [0, 0.1) is 0 Å². The molecule has 10 fully saturated rings. The van der Waals surface area contributed by atoms with Crippen LogP contribution in [0.2, 0.25) is 38.5 Å². The summed E-state index contributed by atoms with van der Waals surface area (Å²) in [5.41, 5.74) is 0. The van der Waals surface area contributed by atoms with Crippen molar-refractivity contribution in [1.82, 2.24) is 0 Å². The van der Waals surface area contributed by atoms with E-state index in [4.69, 9.17) is 0 Å². The first-order valence-corrected chi connectivity index (χ1v) is 25.1. The Kier molecular flexibility index (Phi) is 1.88. The zero-order chi connectivity index (χ0) is 25.5. The van der Waals surface area contributed by atoms with Crippen molar-refractivity contribution in [3.8, 4) is 0 Å². The predicted octanol–water partition coefficient (Wildman–Crippen LogP) is 8.14. The molecule has 0 N–H and O–H groups in total. The number of hydrogen-bond donors (Lipinski definition) is 0. The average molecular weight is 696 g/mol. The van der Waals surface area contributed by atoms with Gasteiger partial charge in [0.05, 0.1) is 0 Å². The number of fused-ring (bicyclic) bond motifs is 10. The molecule has 10 aliphatic heterocycles. The molecule has 10 saturated heterocycles. The first-order chi connectivity index (χ1) is 19.1. The minimum atomic E-state index is -3.82. The Labute approximate surface area is 237 Å². The van der Waals surface area contributed by atoms with Gasteiger partial charge in [0.25, 0.3) is 0 Å². The Balaban J connectivity index is 0.000000912. The van der Waals surface area contributed by atoms with E-state index in [1.54, 1.807) is 21.2 Å². The molecule has 0 nitrogen and oxygen atoms in total. The van der Waals surface area contributed by atoms with Crippen LogP contribution in [-0.2, 0) is 24.7 Å². The molecule has 0 saturated carbocycles. The average Bonchev–Trinajstić information content (AvgIpc) is 3.97. The fraction of sp³-hybridized carbons (Fsp3) is 0.294. The van der Waals surface area contributed by atoms with Gasteiger partial charge in [0.1, 0.15) is 0 Å². The van der Waals surface area contributed by atoms with Crippen molar-refractivity contribution < 1.29 is 24.7 Å². The van der Waals surface area contributed by atoms with Crippen LogP contribution in [0.15, 0.2) is 121 Å². The van der Waals surface area contributed by atoms with Crippen LogP contribution in [0.4, 0.5) is 0 Å². The van der Waals surface area contributed by atoms with Crippen molar-refractivity contribution in [2.45, 2.75) is 46.6 Å². The van der Waals surface area contributed by atoms with Crippen LogP contribution >= 0.6 is 25.4 Å². The van der Waals surface area contributed by atoms with E-state index in [0.717, 1.165) is 8.11 Å². The molecule has 0 amide bonds. The Hall–Kier alpha value is -0.788. The molecule has 0 bridgehead atoms. The van der Waals surface area contributed by atoms with E-state index in [1.807, 2.05) is 0 Å². The fourth-order valence-electron chi connectivity index (χ4n) is 20.9. The molecule has 0 aliphatic carbocycles. The Morgan fingerprint density at radius 2 is 0.667 bits per heavy atom. The molecule has 5 heteroatoms. The van der Waals surface area contributed by atoms with E-state index in [9.17, 15) is 0 Å². The number of rotatable bonds is 6. The predicted molar refractivity (Wildman–Crippen MR) is 159 cm³/mol. The van der Waals surface area contributed by atoms with Gasteiger partial charge in [-0.1, -0.05) is 0 Å².